The molecule has 0 aliphatic carbocycles. The molecule has 0 saturated carbocycles. The number of aromatic nitrogens is 2. The first-order chi connectivity index (χ1) is 14.4. The quantitative estimate of drug-likeness (QED) is 0.385. The number of aryl methyl sites for hydroxylation is 2. The Morgan fingerprint density at radius 3 is 2.60 bits per heavy atom. The lowest BCUT2D eigenvalue weighted by Gasteiger charge is -2.20. The van der Waals surface area contributed by atoms with Crippen LogP contribution < -0.4 is 4.90 Å². The van der Waals surface area contributed by atoms with Crippen LogP contribution in [0.1, 0.15) is 52.4 Å². The lowest BCUT2D eigenvalue weighted by molar-refractivity contribution is 0.0985. The van der Waals surface area contributed by atoms with Gasteiger partial charge >= 0.3 is 0 Å². The van der Waals surface area contributed by atoms with Crippen molar-refractivity contribution in [3.63, 3.8) is 0 Å². The van der Waals surface area contributed by atoms with Gasteiger partial charge in [0.15, 0.2) is 5.13 Å². The van der Waals surface area contributed by atoms with Crippen molar-refractivity contribution in [1.29, 1.82) is 0 Å². The molecule has 0 aliphatic rings. The number of benzene rings is 2. The number of pyridine rings is 1. The van der Waals surface area contributed by atoms with Crippen LogP contribution in [0.3, 0.4) is 0 Å². The molecule has 4 aromatic rings. The summed E-state index contributed by atoms with van der Waals surface area (Å²) in [7, 11) is 0. The molecule has 1 amide bonds. The SMILES string of the molecule is Cc1ccc(C(=O)N(Cc2cccnc2)c2nc3c(C(C)C)cccc3s2)cc1C. The van der Waals surface area contributed by atoms with Gasteiger partial charge < -0.3 is 0 Å². The number of thiazole rings is 1. The van der Waals surface area contributed by atoms with Gasteiger partial charge in [0.1, 0.15) is 0 Å². The van der Waals surface area contributed by atoms with Gasteiger partial charge in [0.05, 0.1) is 16.8 Å². The Kier molecular flexibility index (Phi) is 5.64. The van der Waals surface area contributed by atoms with E-state index in [0.717, 1.165) is 21.3 Å². The lowest BCUT2D eigenvalue weighted by Crippen LogP contribution is -2.30. The fourth-order valence-electron chi connectivity index (χ4n) is 3.47. The maximum absolute atomic E-state index is 13.6. The highest BCUT2D eigenvalue weighted by Crippen LogP contribution is 2.34. The summed E-state index contributed by atoms with van der Waals surface area (Å²) in [6.45, 7) is 8.85. The van der Waals surface area contributed by atoms with E-state index in [1.54, 1.807) is 28.6 Å². The number of carbonyl (C=O) groups is 1. The zero-order valence-electron chi connectivity index (χ0n) is 17.7. The van der Waals surface area contributed by atoms with E-state index in [1.807, 2.05) is 37.3 Å². The molecule has 0 spiro atoms. The van der Waals surface area contributed by atoms with E-state index in [0.29, 0.717) is 23.2 Å². The topological polar surface area (TPSA) is 46.1 Å². The lowest BCUT2D eigenvalue weighted by atomic mass is 10.0. The second-order valence-corrected chi connectivity index (χ2v) is 8.91. The van der Waals surface area contributed by atoms with Gasteiger partial charge in [-0.2, -0.15) is 0 Å². The highest BCUT2D eigenvalue weighted by molar-refractivity contribution is 7.22. The van der Waals surface area contributed by atoms with E-state index in [1.165, 1.54) is 11.1 Å². The van der Waals surface area contributed by atoms with Crippen molar-refractivity contribution in [2.75, 3.05) is 4.90 Å². The van der Waals surface area contributed by atoms with Gasteiger partial charge in [-0.25, -0.2) is 4.98 Å². The van der Waals surface area contributed by atoms with Crippen molar-refractivity contribution >= 4 is 32.6 Å². The molecule has 0 bridgehead atoms. The Labute approximate surface area is 181 Å². The number of para-hydroxylation sites is 1. The number of fused-ring (bicyclic) bond motifs is 1. The normalized spacial score (nSPS) is 11.2. The van der Waals surface area contributed by atoms with Gasteiger partial charge in [0.2, 0.25) is 0 Å². The molecular formula is C25H25N3OS. The minimum Gasteiger partial charge on any atom is -0.279 e. The average Bonchev–Trinajstić information content (AvgIpc) is 3.18. The first-order valence-corrected chi connectivity index (χ1v) is 10.9. The minimum atomic E-state index is -0.0490. The second kappa shape index (κ2) is 8.36. The molecule has 0 aliphatic heterocycles. The number of anilines is 1. The minimum absolute atomic E-state index is 0.0490. The first-order valence-electron chi connectivity index (χ1n) is 10.1. The molecule has 0 saturated heterocycles. The van der Waals surface area contributed by atoms with Crippen LogP contribution in [0.25, 0.3) is 10.2 Å². The molecule has 0 unspecified atom stereocenters. The number of rotatable bonds is 5. The zero-order valence-corrected chi connectivity index (χ0v) is 18.5. The summed E-state index contributed by atoms with van der Waals surface area (Å²) < 4.78 is 1.10. The van der Waals surface area contributed by atoms with Gasteiger partial charge in [-0.05, 0) is 66.3 Å². The van der Waals surface area contributed by atoms with Crippen LogP contribution in [-0.4, -0.2) is 15.9 Å². The van der Waals surface area contributed by atoms with E-state index in [4.69, 9.17) is 4.98 Å². The number of hydrogen-bond acceptors (Lipinski definition) is 4. The predicted molar refractivity (Wildman–Crippen MR) is 124 cm³/mol. The van der Waals surface area contributed by atoms with Gasteiger partial charge in [-0.15, -0.1) is 0 Å². The van der Waals surface area contributed by atoms with Crippen molar-refractivity contribution in [1.82, 2.24) is 9.97 Å². The number of hydrogen-bond donors (Lipinski definition) is 0. The van der Waals surface area contributed by atoms with Crippen molar-refractivity contribution in [2.45, 2.75) is 40.2 Å². The average molecular weight is 416 g/mol. The first kappa shape index (κ1) is 20.2. The zero-order chi connectivity index (χ0) is 21.3. The van der Waals surface area contributed by atoms with Crippen molar-refractivity contribution in [3.8, 4) is 0 Å². The van der Waals surface area contributed by atoms with Crippen LogP contribution in [0.5, 0.6) is 0 Å². The molecule has 4 rings (SSSR count). The van der Waals surface area contributed by atoms with E-state index >= 15 is 0 Å². The molecule has 152 valence electrons. The molecule has 2 heterocycles. The summed E-state index contributed by atoms with van der Waals surface area (Å²) in [6.07, 6.45) is 3.54. The van der Waals surface area contributed by atoms with E-state index < -0.39 is 0 Å². The summed E-state index contributed by atoms with van der Waals surface area (Å²) in [6, 6.07) is 16.0. The molecule has 0 atom stereocenters. The molecular weight excluding hydrogens is 390 g/mol. The number of nitrogens with zero attached hydrogens (tertiary/aromatic N) is 3. The van der Waals surface area contributed by atoms with Crippen molar-refractivity contribution in [3.05, 3.63) is 88.7 Å². The van der Waals surface area contributed by atoms with Gasteiger partial charge in [0, 0.05) is 18.0 Å². The monoisotopic (exact) mass is 415 g/mol. The molecule has 0 fully saturated rings. The van der Waals surface area contributed by atoms with Crippen molar-refractivity contribution < 1.29 is 4.79 Å². The third-order valence-corrected chi connectivity index (χ3v) is 6.40. The Balaban J connectivity index is 1.81. The second-order valence-electron chi connectivity index (χ2n) is 7.90. The summed E-state index contributed by atoms with van der Waals surface area (Å²) in [4.78, 5) is 24.5. The Morgan fingerprint density at radius 2 is 1.90 bits per heavy atom. The number of carbonyl (C=O) groups excluding carboxylic acids is 1. The largest absolute Gasteiger partial charge is 0.279 e. The highest BCUT2D eigenvalue weighted by atomic mass is 32.1. The van der Waals surface area contributed by atoms with E-state index in [-0.39, 0.29) is 5.91 Å². The molecule has 0 N–H and O–H groups in total. The third kappa shape index (κ3) is 3.98. The van der Waals surface area contributed by atoms with Crippen LogP contribution in [0.2, 0.25) is 0 Å². The maximum Gasteiger partial charge on any atom is 0.260 e. The van der Waals surface area contributed by atoms with Crippen LogP contribution in [-0.2, 0) is 6.54 Å². The summed E-state index contributed by atoms with van der Waals surface area (Å²) in [5.74, 6) is 0.318. The molecule has 5 heteroatoms. The Hall–Kier alpha value is -3.05. The van der Waals surface area contributed by atoms with Crippen LogP contribution in [0.4, 0.5) is 5.13 Å². The van der Waals surface area contributed by atoms with E-state index in [9.17, 15) is 4.79 Å². The molecule has 2 aromatic heterocycles. The number of amides is 1. The summed E-state index contributed by atoms with van der Waals surface area (Å²) >= 11 is 1.56. The van der Waals surface area contributed by atoms with Gasteiger partial charge in [0.25, 0.3) is 5.91 Å². The van der Waals surface area contributed by atoms with Crippen molar-refractivity contribution in [2.24, 2.45) is 0 Å². The molecule has 4 nitrogen and oxygen atoms in total. The fraction of sp³-hybridized carbons (Fsp3) is 0.240. The van der Waals surface area contributed by atoms with Gasteiger partial charge in [-0.1, -0.05) is 49.4 Å². The Morgan fingerprint density at radius 1 is 1.07 bits per heavy atom. The van der Waals surface area contributed by atoms with Gasteiger partial charge in [-0.3, -0.25) is 14.7 Å². The van der Waals surface area contributed by atoms with Crippen LogP contribution >= 0.6 is 11.3 Å². The van der Waals surface area contributed by atoms with E-state index in [2.05, 4.69) is 44.0 Å². The smallest absolute Gasteiger partial charge is 0.260 e. The standard InChI is InChI=1S/C25H25N3OS/c1-16(2)21-8-5-9-22-23(21)27-25(30-22)28(15-19-7-6-12-26-14-19)24(29)20-11-10-17(3)18(4)13-20/h5-14,16H,15H2,1-4H3. The maximum atomic E-state index is 13.6. The molecule has 2 aromatic carbocycles. The summed E-state index contributed by atoms with van der Waals surface area (Å²) in [5, 5.41) is 0.713. The Bertz CT molecular complexity index is 1200. The predicted octanol–water partition coefficient (Wildman–Crippen LogP) is 6.28. The molecule has 30 heavy (non-hydrogen) atoms. The van der Waals surface area contributed by atoms with Crippen LogP contribution in [0, 0.1) is 13.8 Å². The highest BCUT2D eigenvalue weighted by Gasteiger charge is 2.23. The summed E-state index contributed by atoms with van der Waals surface area (Å²) in [5.41, 5.74) is 6.11. The third-order valence-electron chi connectivity index (χ3n) is 5.35. The van der Waals surface area contributed by atoms with Crippen LogP contribution in [0.15, 0.2) is 60.9 Å². The molecule has 0 radical (unpaired) electrons. The fourth-order valence-corrected chi connectivity index (χ4v) is 4.47.